The summed E-state index contributed by atoms with van der Waals surface area (Å²) in [7, 11) is 0. The molecular formula is C15H19F3N4OS. The first-order valence-electron chi connectivity index (χ1n) is 7.17. The molecule has 9 heteroatoms. The number of ether oxygens (including phenoxy) is 1. The molecule has 1 heterocycles. The lowest BCUT2D eigenvalue weighted by Crippen LogP contribution is -2.44. The Kier molecular flexibility index (Phi) is 5.79. The van der Waals surface area contributed by atoms with Crippen LogP contribution in [-0.4, -0.2) is 28.4 Å². The largest absolute Gasteiger partial charge is 0.573 e. The number of nitrogens with one attached hydrogen (secondary N) is 3. The molecule has 0 amide bonds. The molecule has 0 radical (unpaired) electrons. The molecule has 0 aliphatic rings. The maximum atomic E-state index is 12.2. The van der Waals surface area contributed by atoms with Crippen LogP contribution >= 0.6 is 11.9 Å². The van der Waals surface area contributed by atoms with Crippen LogP contribution in [0.4, 0.5) is 13.2 Å². The maximum absolute atomic E-state index is 12.2. The molecule has 0 saturated heterocycles. The Labute approximate surface area is 142 Å². The summed E-state index contributed by atoms with van der Waals surface area (Å²) in [5.41, 5.74) is 0.924. The molecular weight excluding hydrogens is 341 g/mol. The topological polar surface area (TPSA) is 62.0 Å². The van der Waals surface area contributed by atoms with Crippen molar-refractivity contribution in [2.45, 2.75) is 32.3 Å². The minimum atomic E-state index is -4.71. The number of hydrogen-bond acceptors (Lipinski definition) is 5. The molecule has 5 nitrogen and oxygen atoms in total. The number of halogens is 3. The normalized spacial score (nSPS) is 12.5. The molecule has 3 N–H and O–H groups in total. The molecule has 0 unspecified atom stereocenters. The van der Waals surface area contributed by atoms with Gasteiger partial charge >= 0.3 is 6.36 Å². The minimum Gasteiger partial charge on any atom is -0.406 e. The molecule has 0 aliphatic carbocycles. The number of H-pyrrole nitrogens is 1. The van der Waals surface area contributed by atoms with Crippen LogP contribution in [-0.2, 0) is 6.54 Å². The fourth-order valence-corrected chi connectivity index (χ4v) is 2.52. The Morgan fingerprint density at radius 2 is 2.12 bits per heavy atom. The van der Waals surface area contributed by atoms with E-state index in [-0.39, 0.29) is 11.3 Å². The standard InChI is InChI=1S/C15H19F3N4OS/c1-4-24-22-14(2,3)9-19-8-13-20-11-6-5-10(7-12(11)21-13)23-15(16,17)18/h4-7,19,22H,1,8-9H2,2-3H3,(H,20,21). The summed E-state index contributed by atoms with van der Waals surface area (Å²) >= 11 is 1.42. The highest BCUT2D eigenvalue weighted by Gasteiger charge is 2.31. The lowest BCUT2D eigenvalue weighted by Gasteiger charge is -2.25. The third kappa shape index (κ3) is 5.73. The van der Waals surface area contributed by atoms with Gasteiger partial charge in [-0.15, -0.1) is 13.2 Å². The van der Waals surface area contributed by atoms with E-state index >= 15 is 0 Å². The van der Waals surface area contributed by atoms with E-state index in [0.717, 1.165) is 0 Å². The molecule has 2 rings (SSSR count). The van der Waals surface area contributed by atoms with Crippen LogP contribution in [0.2, 0.25) is 0 Å². The van der Waals surface area contributed by atoms with Crippen LogP contribution in [0.5, 0.6) is 5.75 Å². The number of alkyl halides is 3. The van der Waals surface area contributed by atoms with Gasteiger partial charge in [-0.25, -0.2) is 4.98 Å². The van der Waals surface area contributed by atoms with Crippen molar-refractivity contribution in [3.8, 4) is 5.75 Å². The molecule has 0 spiro atoms. The number of rotatable bonds is 8. The van der Waals surface area contributed by atoms with Gasteiger partial charge in [0.1, 0.15) is 11.6 Å². The third-order valence-electron chi connectivity index (χ3n) is 3.02. The summed E-state index contributed by atoms with van der Waals surface area (Å²) in [6.07, 6.45) is -4.71. The summed E-state index contributed by atoms with van der Waals surface area (Å²) in [4.78, 5) is 7.34. The average molecular weight is 360 g/mol. The lowest BCUT2D eigenvalue weighted by molar-refractivity contribution is -0.274. The van der Waals surface area contributed by atoms with E-state index in [1.165, 1.54) is 30.1 Å². The van der Waals surface area contributed by atoms with E-state index in [1.54, 1.807) is 5.41 Å². The second-order valence-electron chi connectivity index (χ2n) is 5.78. The number of fused-ring (bicyclic) bond motifs is 1. The second-order valence-corrected chi connectivity index (χ2v) is 6.56. The third-order valence-corrected chi connectivity index (χ3v) is 3.85. The van der Waals surface area contributed by atoms with Crippen molar-refractivity contribution in [3.05, 3.63) is 36.0 Å². The van der Waals surface area contributed by atoms with Crippen LogP contribution in [0.1, 0.15) is 19.7 Å². The van der Waals surface area contributed by atoms with Crippen LogP contribution in [0.25, 0.3) is 11.0 Å². The van der Waals surface area contributed by atoms with Gasteiger partial charge in [0.25, 0.3) is 0 Å². The number of hydrogen-bond donors (Lipinski definition) is 3. The SMILES string of the molecule is C=CSNC(C)(C)CNCc1nc2cc(OC(F)(F)F)ccc2[nH]1. The van der Waals surface area contributed by atoms with Gasteiger partial charge in [0.15, 0.2) is 0 Å². The Balaban J connectivity index is 1.97. The van der Waals surface area contributed by atoms with Gasteiger partial charge in [-0.05, 0) is 31.4 Å². The zero-order valence-corrected chi connectivity index (χ0v) is 14.1. The quantitative estimate of drug-likeness (QED) is 0.627. The first kappa shape index (κ1) is 18.6. The van der Waals surface area contributed by atoms with Crippen molar-refractivity contribution in [1.29, 1.82) is 0 Å². The van der Waals surface area contributed by atoms with E-state index in [0.29, 0.717) is 29.9 Å². The fourth-order valence-electron chi connectivity index (χ4n) is 2.05. The summed E-state index contributed by atoms with van der Waals surface area (Å²) in [5.74, 6) is 0.356. The summed E-state index contributed by atoms with van der Waals surface area (Å²) < 4.78 is 43.8. The van der Waals surface area contributed by atoms with Crippen LogP contribution in [0, 0.1) is 0 Å². The van der Waals surface area contributed by atoms with Crippen molar-refractivity contribution in [2.24, 2.45) is 0 Å². The van der Waals surface area contributed by atoms with Crippen molar-refractivity contribution >= 4 is 23.0 Å². The van der Waals surface area contributed by atoms with Crippen molar-refractivity contribution in [2.75, 3.05) is 6.54 Å². The summed E-state index contributed by atoms with van der Waals surface area (Å²) in [6.45, 7) is 8.84. The van der Waals surface area contributed by atoms with E-state index in [2.05, 4.69) is 31.3 Å². The van der Waals surface area contributed by atoms with Gasteiger partial charge in [0.05, 0.1) is 17.6 Å². The first-order chi connectivity index (χ1) is 11.2. The molecule has 0 atom stereocenters. The van der Waals surface area contributed by atoms with Gasteiger partial charge in [0.2, 0.25) is 0 Å². The Hall–Kier alpha value is -1.71. The van der Waals surface area contributed by atoms with Crippen LogP contribution < -0.4 is 14.8 Å². The van der Waals surface area contributed by atoms with E-state index < -0.39 is 6.36 Å². The van der Waals surface area contributed by atoms with Gasteiger partial charge in [0, 0.05) is 18.2 Å². The smallest absolute Gasteiger partial charge is 0.406 e. The number of imidazole rings is 1. The predicted molar refractivity (Wildman–Crippen MR) is 89.5 cm³/mol. The summed E-state index contributed by atoms with van der Waals surface area (Å²) in [6, 6.07) is 4.03. The molecule has 24 heavy (non-hydrogen) atoms. The lowest BCUT2D eigenvalue weighted by atomic mass is 10.1. The summed E-state index contributed by atoms with van der Waals surface area (Å²) in [5, 5.41) is 4.96. The van der Waals surface area contributed by atoms with E-state index in [1.807, 2.05) is 13.8 Å². The minimum absolute atomic E-state index is 0.154. The average Bonchev–Trinajstić information content (AvgIpc) is 2.85. The molecule has 2 aromatic rings. The van der Waals surface area contributed by atoms with Crippen molar-refractivity contribution in [3.63, 3.8) is 0 Å². The number of aromatic nitrogens is 2. The van der Waals surface area contributed by atoms with Gasteiger partial charge in [-0.1, -0.05) is 18.5 Å². The number of aromatic amines is 1. The van der Waals surface area contributed by atoms with Crippen molar-refractivity contribution in [1.82, 2.24) is 20.0 Å². The molecule has 132 valence electrons. The maximum Gasteiger partial charge on any atom is 0.573 e. The van der Waals surface area contributed by atoms with Crippen LogP contribution in [0.15, 0.2) is 30.2 Å². The Morgan fingerprint density at radius 1 is 1.38 bits per heavy atom. The van der Waals surface area contributed by atoms with E-state index in [9.17, 15) is 13.2 Å². The number of nitrogens with zero attached hydrogens (tertiary/aromatic N) is 1. The Bertz CT molecular complexity index is 700. The fraction of sp³-hybridized carbons (Fsp3) is 0.400. The van der Waals surface area contributed by atoms with Gasteiger partial charge in [-0.3, -0.25) is 4.72 Å². The highest BCUT2D eigenvalue weighted by atomic mass is 32.2. The van der Waals surface area contributed by atoms with Crippen LogP contribution in [0.3, 0.4) is 0 Å². The first-order valence-corrected chi connectivity index (χ1v) is 8.05. The molecule has 1 aromatic heterocycles. The molecule has 0 saturated carbocycles. The van der Waals surface area contributed by atoms with Gasteiger partial charge in [-0.2, -0.15) is 0 Å². The highest BCUT2D eigenvalue weighted by Crippen LogP contribution is 2.25. The number of benzene rings is 1. The van der Waals surface area contributed by atoms with Crippen molar-refractivity contribution < 1.29 is 17.9 Å². The monoisotopic (exact) mass is 360 g/mol. The highest BCUT2D eigenvalue weighted by molar-refractivity contribution is 8.00. The molecule has 0 fully saturated rings. The zero-order chi connectivity index (χ0) is 17.8. The second kappa shape index (κ2) is 7.45. The zero-order valence-electron chi connectivity index (χ0n) is 13.3. The molecule has 1 aromatic carbocycles. The van der Waals surface area contributed by atoms with Gasteiger partial charge < -0.3 is 15.0 Å². The molecule has 0 aliphatic heterocycles. The molecule has 0 bridgehead atoms. The predicted octanol–water partition coefficient (Wildman–Crippen LogP) is 3.71. The van der Waals surface area contributed by atoms with E-state index in [4.69, 9.17) is 0 Å². The Morgan fingerprint density at radius 3 is 2.79 bits per heavy atom.